The summed E-state index contributed by atoms with van der Waals surface area (Å²) in [6.07, 6.45) is 7.26. The maximum Gasteiger partial charge on any atom is 0.409 e. The van der Waals surface area contributed by atoms with E-state index in [4.69, 9.17) is 4.74 Å². The van der Waals surface area contributed by atoms with Crippen molar-refractivity contribution < 1.29 is 14.3 Å². The number of aryl methyl sites for hydroxylation is 1. The first-order valence-corrected chi connectivity index (χ1v) is 12.7. The van der Waals surface area contributed by atoms with E-state index in [1.54, 1.807) is 0 Å². The Morgan fingerprint density at radius 1 is 1.06 bits per heavy atom. The van der Waals surface area contributed by atoms with Crippen LogP contribution in [0.2, 0.25) is 0 Å². The molecule has 1 atom stereocenters. The van der Waals surface area contributed by atoms with E-state index in [9.17, 15) is 9.59 Å². The van der Waals surface area contributed by atoms with Gasteiger partial charge in [0.2, 0.25) is 0 Å². The maximum atomic E-state index is 12.9. The van der Waals surface area contributed by atoms with Crippen molar-refractivity contribution in [2.24, 2.45) is 0 Å². The van der Waals surface area contributed by atoms with E-state index < -0.39 is 0 Å². The van der Waals surface area contributed by atoms with Crippen molar-refractivity contribution >= 4 is 17.7 Å². The fourth-order valence-electron chi connectivity index (χ4n) is 5.25. The number of carbonyl (C=O) groups is 2. The molecule has 182 valence electrons. The van der Waals surface area contributed by atoms with Crippen LogP contribution in [0.1, 0.15) is 65.2 Å². The summed E-state index contributed by atoms with van der Waals surface area (Å²) in [5.41, 5.74) is 6.75. The second-order valence-electron chi connectivity index (χ2n) is 9.39. The second-order valence-corrected chi connectivity index (χ2v) is 9.39. The average Bonchev–Trinajstić information content (AvgIpc) is 2.86. The number of fused-ring (bicyclic) bond motifs is 1. The third-order valence-electron chi connectivity index (χ3n) is 7.04. The van der Waals surface area contributed by atoms with Crippen molar-refractivity contribution in [3.8, 4) is 0 Å². The van der Waals surface area contributed by atoms with Gasteiger partial charge in [0, 0.05) is 30.4 Å². The van der Waals surface area contributed by atoms with Crippen molar-refractivity contribution in [3.63, 3.8) is 0 Å². The van der Waals surface area contributed by atoms with Gasteiger partial charge in [0.25, 0.3) is 5.91 Å². The molecule has 0 radical (unpaired) electrons. The Bertz CT molecular complexity index is 1020. The van der Waals surface area contributed by atoms with Gasteiger partial charge in [-0.05, 0) is 99.7 Å². The third kappa shape index (κ3) is 5.79. The summed E-state index contributed by atoms with van der Waals surface area (Å²) in [5, 5.41) is 6.84. The zero-order chi connectivity index (χ0) is 23.9. The van der Waals surface area contributed by atoms with Crippen LogP contribution in [0.5, 0.6) is 0 Å². The zero-order valence-corrected chi connectivity index (χ0v) is 20.5. The zero-order valence-electron chi connectivity index (χ0n) is 20.5. The number of anilines is 1. The van der Waals surface area contributed by atoms with Crippen molar-refractivity contribution in [2.75, 3.05) is 31.6 Å². The molecule has 1 aliphatic heterocycles. The summed E-state index contributed by atoms with van der Waals surface area (Å²) in [4.78, 5) is 26.8. The molecule has 34 heavy (non-hydrogen) atoms. The van der Waals surface area contributed by atoms with Crippen molar-refractivity contribution in [1.29, 1.82) is 0 Å². The molecule has 2 aromatic carbocycles. The van der Waals surface area contributed by atoms with E-state index in [0.717, 1.165) is 68.4 Å². The predicted octanol–water partition coefficient (Wildman–Crippen LogP) is 4.88. The van der Waals surface area contributed by atoms with Crippen LogP contribution in [0.15, 0.2) is 36.4 Å². The highest BCUT2D eigenvalue weighted by atomic mass is 16.6. The third-order valence-corrected chi connectivity index (χ3v) is 7.04. The van der Waals surface area contributed by atoms with Crippen LogP contribution >= 0.6 is 0 Å². The van der Waals surface area contributed by atoms with Crippen LogP contribution in [0, 0.1) is 6.92 Å². The Morgan fingerprint density at radius 2 is 1.85 bits per heavy atom. The van der Waals surface area contributed by atoms with E-state index in [-0.39, 0.29) is 12.0 Å². The molecule has 6 heteroatoms. The van der Waals surface area contributed by atoms with E-state index in [2.05, 4.69) is 22.8 Å². The fraction of sp³-hybridized carbons (Fsp3) is 0.500. The van der Waals surface area contributed by atoms with E-state index in [1.165, 1.54) is 23.1 Å². The van der Waals surface area contributed by atoms with Gasteiger partial charge in [-0.1, -0.05) is 24.3 Å². The van der Waals surface area contributed by atoms with Gasteiger partial charge in [-0.2, -0.15) is 0 Å². The van der Waals surface area contributed by atoms with Gasteiger partial charge >= 0.3 is 6.09 Å². The predicted molar refractivity (Wildman–Crippen MR) is 136 cm³/mol. The lowest BCUT2D eigenvalue weighted by Gasteiger charge is -2.32. The Balaban J connectivity index is 1.39. The smallest absolute Gasteiger partial charge is 0.409 e. The largest absolute Gasteiger partial charge is 0.450 e. The van der Waals surface area contributed by atoms with Crippen molar-refractivity contribution in [3.05, 3.63) is 64.2 Å². The van der Waals surface area contributed by atoms with E-state index in [1.807, 2.05) is 43.0 Å². The minimum absolute atomic E-state index is 0.0382. The number of rotatable bonds is 7. The van der Waals surface area contributed by atoms with Gasteiger partial charge < -0.3 is 20.3 Å². The number of hydrogen-bond donors (Lipinski definition) is 2. The van der Waals surface area contributed by atoms with Gasteiger partial charge in [0.1, 0.15) is 0 Å². The summed E-state index contributed by atoms with van der Waals surface area (Å²) >= 11 is 0. The van der Waals surface area contributed by atoms with Crippen LogP contribution in [-0.2, 0) is 24.0 Å². The first-order valence-electron chi connectivity index (χ1n) is 12.7. The maximum absolute atomic E-state index is 12.9. The molecule has 6 nitrogen and oxygen atoms in total. The number of benzene rings is 2. The molecule has 4 rings (SSSR count). The van der Waals surface area contributed by atoms with Crippen LogP contribution in [0.25, 0.3) is 0 Å². The molecule has 0 bridgehead atoms. The number of nitrogens with zero attached hydrogens (tertiary/aromatic N) is 1. The molecular weight excluding hydrogens is 426 g/mol. The molecule has 2 amide bonds. The SMILES string of the molecule is CCOC(=O)N1CCCC(NCCc2ccc(NC(=O)c3ccccc3C)c3c2CCCC3)C1. The van der Waals surface area contributed by atoms with Crippen molar-refractivity contribution in [2.45, 2.75) is 64.8 Å². The van der Waals surface area contributed by atoms with Crippen molar-refractivity contribution in [1.82, 2.24) is 10.2 Å². The summed E-state index contributed by atoms with van der Waals surface area (Å²) < 4.78 is 5.17. The molecular formula is C28H37N3O3. The second kappa shape index (κ2) is 11.5. The van der Waals surface area contributed by atoms with Gasteiger partial charge in [0.15, 0.2) is 0 Å². The average molecular weight is 464 g/mol. The van der Waals surface area contributed by atoms with Crippen LogP contribution in [-0.4, -0.2) is 49.2 Å². The first-order chi connectivity index (χ1) is 16.6. The quantitative estimate of drug-likeness (QED) is 0.614. The summed E-state index contributed by atoms with van der Waals surface area (Å²) in [5.74, 6) is -0.0382. The lowest BCUT2D eigenvalue weighted by atomic mass is 9.86. The normalized spacial score (nSPS) is 17.7. The number of piperidine rings is 1. The minimum Gasteiger partial charge on any atom is -0.450 e. The number of amides is 2. The van der Waals surface area contributed by atoms with Gasteiger partial charge in [-0.25, -0.2) is 4.79 Å². The number of likely N-dealkylation sites (tertiary alicyclic amines) is 1. The molecule has 1 heterocycles. The molecule has 0 saturated carbocycles. The minimum atomic E-state index is -0.202. The lowest BCUT2D eigenvalue weighted by molar-refractivity contribution is 0.0929. The standard InChI is InChI=1S/C28H37N3O3/c1-3-34-28(33)31-18-8-10-22(19-31)29-17-16-21-14-15-26(25-13-7-6-12-24(21)25)30-27(32)23-11-5-4-9-20(23)2/h4-5,9,11,14-15,22,29H,3,6-8,10,12-13,16-19H2,1-2H3,(H,30,32). The monoisotopic (exact) mass is 463 g/mol. The molecule has 1 fully saturated rings. The highest BCUT2D eigenvalue weighted by molar-refractivity contribution is 6.05. The van der Waals surface area contributed by atoms with Crippen LogP contribution in [0.3, 0.4) is 0 Å². The number of nitrogens with one attached hydrogen (secondary N) is 2. The Labute approximate surface area is 203 Å². The molecule has 1 saturated heterocycles. The molecule has 2 N–H and O–H groups in total. The highest BCUT2D eigenvalue weighted by Crippen LogP contribution is 2.31. The Hall–Kier alpha value is -2.86. The Morgan fingerprint density at radius 3 is 2.65 bits per heavy atom. The Kier molecular flexibility index (Phi) is 8.22. The summed E-state index contributed by atoms with van der Waals surface area (Å²) in [7, 11) is 0. The topological polar surface area (TPSA) is 70.7 Å². The first kappa shape index (κ1) is 24.3. The molecule has 1 aliphatic carbocycles. The number of hydrogen-bond acceptors (Lipinski definition) is 4. The molecule has 2 aromatic rings. The van der Waals surface area contributed by atoms with Crippen LogP contribution in [0.4, 0.5) is 10.5 Å². The van der Waals surface area contributed by atoms with E-state index in [0.29, 0.717) is 19.2 Å². The van der Waals surface area contributed by atoms with Crippen LogP contribution < -0.4 is 10.6 Å². The molecule has 0 spiro atoms. The summed E-state index contributed by atoms with van der Waals surface area (Å²) in [6, 6.07) is 12.3. The summed E-state index contributed by atoms with van der Waals surface area (Å²) in [6.45, 7) is 6.60. The van der Waals surface area contributed by atoms with Gasteiger partial charge in [-0.3, -0.25) is 4.79 Å². The van der Waals surface area contributed by atoms with Gasteiger partial charge in [-0.15, -0.1) is 0 Å². The lowest BCUT2D eigenvalue weighted by Crippen LogP contribution is -2.48. The number of carbonyl (C=O) groups excluding carboxylic acids is 2. The van der Waals surface area contributed by atoms with Gasteiger partial charge in [0.05, 0.1) is 6.61 Å². The number of ether oxygens (including phenoxy) is 1. The highest BCUT2D eigenvalue weighted by Gasteiger charge is 2.24. The molecule has 2 aliphatic rings. The molecule has 0 aromatic heterocycles. The van der Waals surface area contributed by atoms with E-state index >= 15 is 0 Å². The molecule has 1 unspecified atom stereocenters. The fourth-order valence-corrected chi connectivity index (χ4v) is 5.25.